The predicted molar refractivity (Wildman–Crippen MR) is 79.8 cm³/mol. The minimum absolute atomic E-state index is 0.296. The highest BCUT2D eigenvalue weighted by molar-refractivity contribution is 5.78. The molecule has 104 valence electrons. The fraction of sp³-hybridized carbons (Fsp3) is 0.0625. The first kappa shape index (κ1) is 13.2. The van der Waals surface area contributed by atoms with Crippen molar-refractivity contribution in [3.8, 4) is 22.5 Å². The monoisotopic (exact) mass is 280 g/mol. The summed E-state index contributed by atoms with van der Waals surface area (Å²) in [6.45, 7) is 1.98. The van der Waals surface area contributed by atoms with E-state index in [-0.39, 0.29) is 0 Å². The van der Waals surface area contributed by atoms with E-state index in [9.17, 15) is 4.39 Å². The third kappa shape index (κ3) is 2.58. The van der Waals surface area contributed by atoms with Crippen molar-refractivity contribution in [1.82, 2.24) is 15.0 Å². The van der Waals surface area contributed by atoms with Crippen LogP contribution in [0.15, 0.2) is 48.9 Å². The molecule has 3 rings (SSSR count). The molecule has 0 bridgehead atoms. The van der Waals surface area contributed by atoms with Gasteiger partial charge in [-0.15, -0.1) is 0 Å². The first-order chi connectivity index (χ1) is 10.1. The summed E-state index contributed by atoms with van der Waals surface area (Å²) < 4.78 is 14.0. The topological polar surface area (TPSA) is 64.7 Å². The number of rotatable bonds is 2. The van der Waals surface area contributed by atoms with Crippen molar-refractivity contribution in [3.05, 3.63) is 60.3 Å². The minimum atomic E-state index is -0.439. The van der Waals surface area contributed by atoms with E-state index in [0.29, 0.717) is 22.8 Å². The second kappa shape index (κ2) is 5.28. The Kier molecular flexibility index (Phi) is 3.31. The van der Waals surface area contributed by atoms with Gasteiger partial charge in [0.2, 0.25) is 0 Å². The number of aromatic nitrogens is 3. The summed E-state index contributed by atoms with van der Waals surface area (Å²) in [6, 6.07) is 9.35. The van der Waals surface area contributed by atoms with Crippen LogP contribution in [0.2, 0.25) is 0 Å². The molecular formula is C16H13FN4. The largest absolute Gasteiger partial charge is 0.382 e. The molecule has 2 heterocycles. The molecule has 0 aliphatic heterocycles. The summed E-state index contributed by atoms with van der Waals surface area (Å²) in [5.41, 5.74) is 9.04. The van der Waals surface area contributed by atoms with Gasteiger partial charge in [-0.2, -0.15) is 0 Å². The quantitative estimate of drug-likeness (QED) is 0.782. The highest BCUT2D eigenvalue weighted by Crippen LogP contribution is 2.30. The van der Waals surface area contributed by atoms with Gasteiger partial charge in [0.25, 0.3) is 0 Å². The van der Waals surface area contributed by atoms with Crippen molar-refractivity contribution in [1.29, 1.82) is 0 Å². The smallest absolute Gasteiger partial charge is 0.150 e. The molecule has 0 aliphatic carbocycles. The number of nitrogens with two attached hydrogens (primary N) is 1. The van der Waals surface area contributed by atoms with Gasteiger partial charge in [0, 0.05) is 17.3 Å². The van der Waals surface area contributed by atoms with E-state index in [1.54, 1.807) is 6.07 Å². The fourth-order valence-electron chi connectivity index (χ4n) is 2.16. The second-order valence-corrected chi connectivity index (χ2v) is 4.72. The number of nitrogens with zero attached hydrogens (tertiary/aromatic N) is 3. The summed E-state index contributed by atoms with van der Waals surface area (Å²) >= 11 is 0. The molecule has 0 spiro atoms. The highest BCUT2D eigenvalue weighted by Gasteiger charge is 2.15. The van der Waals surface area contributed by atoms with Gasteiger partial charge >= 0.3 is 0 Å². The molecule has 1 aromatic carbocycles. The number of nitrogen functional groups attached to an aromatic ring is 1. The average Bonchev–Trinajstić information content (AvgIpc) is 2.48. The molecule has 0 unspecified atom stereocenters. The van der Waals surface area contributed by atoms with Crippen LogP contribution in [-0.2, 0) is 0 Å². The van der Waals surface area contributed by atoms with Crippen molar-refractivity contribution < 1.29 is 4.39 Å². The molecule has 0 aliphatic rings. The van der Waals surface area contributed by atoms with Crippen LogP contribution < -0.4 is 5.73 Å². The Balaban J connectivity index is 2.25. The van der Waals surface area contributed by atoms with Gasteiger partial charge in [0.05, 0.1) is 23.8 Å². The molecule has 0 saturated carbocycles. The second-order valence-electron chi connectivity index (χ2n) is 4.72. The maximum atomic E-state index is 14.0. The van der Waals surface area contributed by atoms with E-state index in [2.05, 4.69) is 15.0 Å². The molecule has 2 N–H and O–H groups in total. The van der Waals surface area contributed by atoms with Crippen LogP contribution in [-0.4, -0.2) is 15.0 Å². The van der Waals surface area contributed by atoms with Crippen LogP contribution in [0.4, 0.5) is 10.2 Å². The number of aryl methyl sites for hydroxylation is 1. The van der Waals surface area contributed by atoms with Gasteiger partial charge in [0.15, 0.2) is 5.82 Å². The molecular weight excluding hydrogens is 267 g/mol. The molecule has 5 heteroatoms. The van der Waals surface area contributed by atoms with E-state index in [0.717, 1.165) is 17.3 Å². The Labute approximate surface area is 121 Å². The Morgan fingerprint density at radius 2 is 1.95 bits per heavy atom. The van der Waals surface area contributed by atoms with Crippen molar-refractivity contribution in [2.24, 2.45) is 0 Å². The van der Waals surface area contributed by atoms with E-state index in [1.165, 1.54) is 12.4 Å². The molecule has 0 radical (unpaired) electrons. The summed E-state index contributed by atoms with van der Waals surface area (Å²) in [6.07, 6.45) is 4.11. The summed E-state index contributed by atoms with van der Waals surface area (Å²) in [5.74, 6) is -0.143. The van der Waals surface area contributed by atoms with Crippen molar-refractivity contribution >= 4 is 5.82 Å². The van der Waals surface area contributed by atoms with E-state index < -0.39 is 5.82 Å². The maximum Gasteiger partial charge on any atom is 0.150 e. The van der Waals surface area contributed by atoms with Crippen LogP contribution in [0, 0.1) is 12.7 Å². The molecule has 0 saturated heterocycles. The first-order valence-electron chi connectivity index (χ1n) is 6.44. The zero-order chi connectivity index (χ0) is 14.8. The molecule has 0 fully saturated rings. The molecule has 4 nitrogen and oxygen atoms in total. The molecule has 2 aromatic heterocycles. The average molecular weight is 280 g/mol. The van der Waals surface area contributed by atoms with E-state index >= 15 is 0 Å². The van der Waals surface area contributed by atoms with Gasteiger partial charge in [-0.05, 0) is 19.1 Å². The lowest BCUT2D eigenvalue weighted by atomic mass is 10.0. The third-order valence-electron chi connectivity index (χ3n) is 3.11. The third-order valence-corrected chi connectivity index (χ3v) is 3.11. The Bertz CT molecular complexity index is 802. The van der Waals surface area contributed by atoms with Gasteiger partial charge in [0.1, 0.15) is 5.82 Å². The zero-order valence-corrected chi connectivity index (χ0v) is 11.4. The first-order valence-corrected chi connectivity index (χ1v) is 6.44. The highest BCUT2D eigenvalue weighted by atomic mass is 19.1. The lowest BCUT2D eigenvalue weighted by molar-refractivity contribution is 0.624. The Morgan fingerprint density at radius 1 is 1.10 bits per heavy atom. The fourth-order valence-corrected chi connectivity index (χ4v) is 2.16. The molecule has 3 aromatic rings. The van der Waals surface area contributed by atoms with Gasteiger partial charge < -0.3 is 5.73 Å². The molecule has 0 atom stereocenters. The van der Waals surface area contributed by atoms with E-state index in [4.69, 9.17) is 5.73 Å². The van der Waals surface area contributed by atoms with Gasteiger partial charge in [-0.1, -0.05) is 23.8 Å². The zero-order valence-electron chi connectivity index (χ0n) is 11.4. The minimum Gasteiger partial charge on any atom is -0.382 e. The number of halogens is 1. The number of hydrogen-bond donors (Lipinski definition) is 1. The van der Waals surface area contributed by atoms with Crippen molar-refractivity contribution in [3.63, 3.8) is 0 Å². The normalized spacial score (nSPS) is 10.6. The standard InChI is InChI=1S/C16H13FN4/c1-10-3-2-4-11(7-10)15-16(20-9-14(18)21-15)12-5-6-19-8-13(12)17/h2-9H,1H3,(H2,18,21). The molecule has 21 heavy (non-hydrogen) atoms. The number of hydrogen-bond acceptors (Lipinski definition) is 4. The number of anilines is 1. The van der Waals surface area contributed by atoms with Crippen LogP contribution in [0.1, 0.15) is 5.56 Å². The van der Waals surface area contributed by atoms with Gasteiger partial charge in [-0.3, -0.25) is 4.98 Å². The predicted octanol–water partition coefficient (Wildman–Crippen LogP) is 3.24. The number of pyridine rings is 1. The van der Waals surface area contributed by atoms with Crippen molar-refractivity contribution in [2.45, 2.75) is 6.92 Å². The Hall–Kier alpha value is -2.82. The lowest BCUT2D eigenvalue weighted by Crippen LogP contribution is -1.99. The number of benzene rings is 1. The van der Waals surface area contributed by atoms with Crippen LogP contribution in [0.3, 0.4) is 0 Å². The summed E-state index contributed by atoms with van der Waals surface area (Å²) in [4.78, 5) is 12.3. The van der Waals surface area contributed by atoms with Gasteiger partial charge in [-0.25, -0.2) is 14.4 Å². The Morgan fingerprint density at radius 3 is 2.71 bits per heavy atom. The van der Waals surface area contributed by atoms with Crippen molar-refractivity contribution in [2.75, 3.05) is 5.73 Å². The lowest BCUT2D eigenvalue weighted by Gasteiger charge is -2.10. The SMILES string of the molecule is Cc1cccc(-c2nc(N)cnc2-c2ccncc2F)c1. The van der Waals surface area contributed by atoms with Crippen LogP contribution in [0.25, 0.3) is 22.5 Å². The molecule has 0 amide bonds. The summed E-state index contributed by atoms with van der Waals surface area (Å²) in [5, 5.41) is 0. The van der Waals surface area contributed by atoms with Crippen LogP contribution >= 0.6 is 0 Å². The summed E-state index contributed by atoms with van der Waals surface area (Å²) in [7, 11) is 0. The van der Waals surface area contributed by atoms with Crippen LogP contribution in [0.5, 0.6) is 0 Å². The van der Waals surface area contributed by atoms with E-state index in [1.807, 2.05) is 31.2 Å². The maximum absolute atomic E-state index is 14.0.